The SMILES string of the molecule is COCC(=O)Nc1ccc(-c2ccc3ncc4c(c3c2)n(-c2ccc(C(C)(C)C#N)cc2)c(=O)n4C)cn1. The summed E-state index contributed by atoms with van der Waals surface area (Å²) in [6.07, 6.45) is 3.40. The number of imidazole rings is 1. The number of fused-ring (bicyclic) bond motifs is 3. The van der Waals surface area contributed by atoms with Gasteiger partial charge in [-0.2, -0.15) is 5.26 Å². The third kappa shape index (κ3) is 4.31. The summed E-state index contributed by atoms with van der Waals surface area (Å²) in [5.74, 6) is 0.152. The average molecular weight is 507 g/mol. The number of hydrogen-bond acceptors (Lipinski definition) is 6. The quantitative estimate of drug-likeness (QED) is 0.367. The zero-order valence-electron chi connectivity index (χ0n) is 21.5. The molecule has 0 aliphatic heterocycles. The summed E-state index contributed by atoms with van der Waals surface area (Å²) in [5, 5.41) is 13.0. The van der Waals surface area contributed by atoms with Gasteiger partial charge < -0.3 is 10.1 Å². The normalized spacial score (nSPS) is 11.6. The Kier molecular flexibility index (Phi) is 6.27. The Bertz CT molecular complexity index is 1780. The van der Waals surface area contributed by atoms with Crippen LogP contribution in [-0.4, -0.2) is 38.7 Å². The molecule has 0 spiro atoms. The van der Waals surface area contributed by atoms with Crippen LogP contribution in [0.25, 0.3) is 38.8 Å². The molecule has 0 unspecified atom stereocenters. The van der Waals surface area contributed by atoms with Crippen molar-refractivity contribution in [2.75, 3.05) is 19.0 Å². The highest BCUT2D eigenvalue weighted by Crippen LogP contribution is 2.30. The zero-order chi connectivity index (χ0) is 27.0. The molecule has 0 bridgehead atoms. The summed E-state index contributed by atoms with van der Waals surface area (Å²) in [5.41, 5.74) is 4.69. The number of anilines is 1. The third-order valence-corrected chi connectivity index (χ3v) is 6.65. The van der Waals surface area contributed by atoms with Crippen LogP contribution in [0.2, 0.25) is 0 Å². The number of aromatic nitrogens is 4. The van der Waals surface area contributed by atoms with Crippen molar-refractivity contribution in [2.24, 2.45) is 7.05 Å². The van der Waals surface area contributed by atoms with Gasteiger partial charge in [-0.15, -0.1) is 0 Å². The smallest absolute Gasteiger partial charge is 0.333 e. The number of rotatable bonds is 6. The lowest BCUT2D eigenvalue weighted by Gasteiger charge is -2.16. The van der Waals surface area contributed by atoms with Crippen molar-refractivity contribution in [1.82, 2.24) is 19.1 Å². The van der Waals surface area contributed by atoms with Crippen molar-refractivity contribution < 1.29 is 9.53 Å². The van der Waals surface area contributed by atoms with E-state index in [1.165, 1.54) is 7.11 Å². The van der Waals surface area contributed by atoms with Crippen LogP contribution in [0.1, 0.15) is 19.4 Å². The number of aryl methyl sites for hydroxylation is 1. The van der Waals surface area contributed by atoms with E-state index in [0.717, 1.165) is 33.1 Å². The number of pyridine rings is 2. The molecule has 0 aliphatic carbocycles. The topological polar surface area (TPSA) is 115 Å². The van der Waals surface area contributed by atoms with Gasteiger partial charge in [0.1, 0.15) is 12.4 Å². The number of nitriles is 1. The van der Waals surface area contributed by atoms with E-state index in [2.05, 4.69) is 21.4 Å². The van der Waals surface area contributed by atoms with Crippen LogP contribution in [0, 0.1) is 11.3 Å². The van der Waals surface area contributed by atoms with Crippen molar-refractivity contribution in [3.63, 3.8) is 0 Å². The van der Waals surface area contributed by atoms with Crippen LogP contribution >= 0.6 is 0 Å². The van der Waals surface area contributed by atoms with Gasteiger partial charge in [0.2, 0.25) is 0 Å². The molecule has 0 radical (unpaired) electrons. The van der Waals surface area contributed by atoms with E-state index in [1.807, 2.05) is 62.4 Å². The number of carbonyl (C=O) groups excluding carboxylic acids is 1. The molecular formula is C29H26N6O3. The minimum absolute atomic E-state index is 0.0469. The average Bonchev–Trinajstić information content (AvgIpc) is 3.19. The standard InChI is InChI=1S/C29H26N6O3/c1-29(2,17-30)20-7-9-21(10-8-20)35-27-22-13-18(5-11-23(22)31-15-24(27)34(3)28(35)37)19-6-12-25(32-14-19)33-26(36)16-38-4/h5-15H,16H2,1-4H3,(H,32,33,36). The van der Waals surface area contributed by atoms with Gasteiger partial charge in [-0.05, 0) is 61.4 Å². The predicted octanol–water partition coefficient (Wildman–Crippen LogP) is 4.33. The first kappa shape index (κ1) is 24.9. The van der Waals surface area contributed by atoms with E-state index in [4.69, 9.17) is 4.74 Å². The van der Waals surface area contributed by atoms with Crippen LogP contribution in [-0.2, 0) is 22.0 Å². The molecule has 0 saturated carbocycles. The first-order valence-electron chi connectivity index (χ1n) is 12.0. The van der Waals surface area contributed by atoms with Gasteiger partial charge in [0.15, 0.2) is 0 Å². The number of nitrogens with zero attached hydrogens (tertiary/aromatic N) is 5. The van der Waals surface area contributed by atoms with Crippen LogP contribution in [0.5, 0.6) is 0 Å². The largest absolute Gasteiger partial charge is 0.375 e. The fraction of sp³-hybridized carbons (Fsp3) is 0.207. The van der Waals surface area contributed by atoms with Gasteiger partial charge in [0.25, 0.3) is 5.91 Å². The molecule has 1 amide bonds. The Hall–Kier alpha value is -4.81. The van der Waals surface area contributed by atoms with Gasteiger partial charge in [-0.25, -0.2) is 9.78 Å². The number of ether oxygens (including phenoxy) is 1. The van der Waals surface area contributed by atoms with Crippen molar-refractivity contribution in [3.8, 4) is 22.9 Å². The molecule has 3 aromatic heterocycles. The van der Waals surface area contributed by atoms with Crippen molar-refractivity contribution in [1.29, 1.82) is 5.26 Å². The van der Waals surface area contributed by atoms with E-state index in [1.54, 1.807) is 34.6 Å². The number of carbonyl (C=O) groups is 1. The first-order chi connectivity index (χ1) is 18.2. The number of amides is 1. The molecule has 9 heteroatoms. The summed E-state index contributed by atoms with van der Waals surface area (Å²) in [6.45, 7) is 3.68. The summed E-state index contributed by atoms with van der Waals surface area (Å²) >= 11 is 0. The molecular weight excluding hydrogens is 480 g/mol. The molecule has 0 aliphatic rings. The van der Waals surface area contributed by atoms with Crippen LogP contribution in [0.15, 0.2) is 71.8 Å². The molecule has 190 valence electrons. The Labute approximate surface area is 218 Å². The lowest BCUT2D eigenvalue weighted by Crippen LogP contribution is -2.21. The molecule has 3 heterocycles. The molecule has 0 fully saturated rings. The molecule has 0 atom stereocenters. The lowest BCUT2D eigenvalue weighted by atomic mass is 9.86. The molecule has 9 nitrogen and oxygen atoms in total. The molecule has 38 heavy (non-hydrogen) atoms. The van der Waals surface area contributed by atoms with Gasteiger partial charge in [-0.3, -0.25) is 18.9 Å². The van der Waals surface area contributed by atoms with E-state index in [-0.39, 0.29) is 18.2 Å². The number of hydrogen-bond donors (Lipinski definition) is 1. The Morgan fingerprint density at radius 2 is 1.79 bits per heavy atom. The highest BCUT2D eigenvalue weighted by Gasteiger charge is 2.21. The van der Waals surface area contributed by atoms with E-state index in [0.29, 0.717) is 17.0 Å². The van der Waals surface area contributed by atoms with Gasteiger partial charge >= 0.3 is 5.69 Å². The number of benzene rings is 2. The van der Waals surface area contributed by atoms with Gasteiger partial charge in [0.05, 0.1) is 39.9 Å². The zero-order valence-corrected chi connectivity index (χ0v) is 21.5. The lowest BCUT2D eigenvalue weighted by molar-refractivity contribution is -0.119. The van der Waals surface area contributed by atoms with Gasteiger partial charge in [0, 0.05) is 31.3 Å². The van der Waals surface area contributed by atoms with Crippen molar-refractivity contribution >= 4 is 33.7 Å². The maximum Gasteiger partial charge on any atom is 0.333 e. The Morgan fingerprint density at radius 3 is 2.45 bits per heavy atom. The Morgan fingerprint density at radius 1 is 1.05 bits per heavy atom. The Balaban J connectivity index is 1.63. The predicted molar refractivity (Wildman–Crippen MR) is 146 cm³/mol. The minimum Gasteiger partial charge on any atom is -0.375 e. The van der Waals surface area contributed by atoms with Crippen LogP contribution < -0.4 is 11.0 Å². The summed E-state index contributed by atoms with van der Waals surface area (Å²) in [7, 11) is 3.19. The fourth-order valence-electron chi connectivity index (χ4n) is 4.46. The summed E-state index contributed by atoms with van der Waals surface area (Å²) in [6, 6.07) is 19.3. The highest BCUT2D eigenvalue weighted by molar-refractivity contribution is 6.04. The number of methoxy groups -OCH3 is 1. The second-order valence-electron chi connectivity index (χ2n) is 9.60. The van der Waals surface area contributed by atoms with Crippen LogP contribution in [0.4, 0.5) is 5.82 Å². The molecule has 5 rings (SSSR count). The third-order valence-electron chi connectivity index (χ3n) is 6.65. The van der Waals surface area contributed by atoms with E-state index < -0.39 is 5.41 Å². The maximum atomic E-state index is 13.4. The highest BCUT2D eigenvalue weighted by atomic mass is 16.5. The van der Waals surface area contributed by atoms with Crippen LogP contribution in [0.3, 0.4) is 0 Å². The maximum absolute atomic E-state index is 13.4. The molecule has 2 aromatic carbocycles. The van der Waals surface area contributed by atoms with Gasteiger partial charge in [-0.1, -0.05) is 18.2 Å². The van der Waals surface area contributed by atoms with E-state index >= 15 is 0 Å². The summed E-state index contributed by atoms with van der Waals surface area (Å²) < 4.78 is 8.10. The monoisotopic (exact) mass is 506 g/mol. The first-order valence-corrected chi connectivity index (χ1v) is 12.0. The minimum atomic E-state index is -0.635. The molecule has 1 N–H and O–H groups in total. The number of nitrogens with one attached hydrogen (secondary N) is 1. The fourth-order valence-corrected chi connectivity index (χ4v) is 4.46. The second-order valence-corrected chi connectivity index (χ2v) is 9.60. The molecule has 5 aromatic rings. The summed E-state index contributed by atoms with van der Waals surface area (Å²) in [4.78, 5) is 34.1. The van der Waals surface area contributed by atoms with Crippen molar-refractivity contribution in [3.05, 3.63) is 83.0 Å². The van der Waals surface area contributed by atoms with Crippen molar-refractivity contribution in [2.45, 2.75) is 19.3 Å². The second kappa shape index (κ2) is 9.57. The molecule has 0 saturated heterocycles. The van der Waals surface area contributed by atoms with E-state index in [9.17, 15) is 14.9 Å².